The number of thioether (sulfide) groups is 1. The fourth-order valence-electron chi connectivity index (χ4n) is 2.69. The van der Waals surface area contributed by atoms with Gasteiger partial charge in [-0.25, -0.2) is 4.68 Å². The predicted molar refractivity (Wildman–Crippen MR) is 104 cm³/mol. The van der Waals surface area contributed by atoms with Gasteiger partial charge in [0.05, 0.1) is 25.0 Å². The summed E-state index contributed by atoms with van der Waals surface area (Å²) in [7, 11) is 1.60. The Balaban J connectivity index is 1.42. The van der Waals surface area contributed by atoms with Gasteiger partial charge in [-0.3, -0.25) is 0 Å². The van der Waals surface area contributed by atoms with Crippen LogP contribution >= 0.6 is 11.8 Å². The second kappa shape index (κ2) is 8.76. The van der Waals surface area contributed by atoms with Gasteiger partial charge >= 0.3 is 6.18 Å². The number of nitrogens with zero attached hydrogens (tertiary/aromatic N) is 6. The van der Waals surface area contributed by atoms with Gasteiger partial charge in [-0.15, -0.1) is 5.10 Å². The number of benzene rings is 2. The van der Waals surface area contributed by atoms with Crippen LogP contribution in [0.2, 0.25) is 0 Å². The zero-order valence-corrected chi connectivity index (χ0v) is 16.9. The van der Waals surface area contributed by atoms with E-state index >= 15 is 0 Å². The minimum Gasteiger partial charge on any atom is -0.497 e. The predicted octanol–water partition coefficient (Wildman–Crippen LogP) is 4.09. The van der Waals surface area contributed by atoms with Crippen molar-refractivity contribution in [2.24, 2.45) is 0 Å². The zero-order chi connectivity index (χ0) is 21.8. The monoisotopic (exact) mass is 448 g/mol. The normalized spacial score (nSPS) is 11.6. The fourth-order valence-corrected chi connectivity index (χ4v) is 3.41. The Labute approximate surface area is 178 Å². The van der Waals surface area contributed by atoms with Crippen LogP contribution in [-0.2, 0) is 18.5 Å². The first-order valence-electron chi connectivity index (χ1n) is 8.94. The molecule has 0 aliphatic heterocycles. The second-order valence-corrected chi connectivity index (χ2v) is 7.29. The zero-order valence-electron chi connectivity index (χ0n) is 16.1. The molecule has 0 radical (unpaired) electrons. The largest absolute Gasteiger partial charge is 0.497 e. The van der Waals surface area contributed by atoms with Crippen molar-refractivity contribution in [1.82, 2.24) is 30.3 Å². The van der Waals surface area contributed by atoms with Gasteiger partial charge in [-0.2, -0.15) is 18.2 Å². The van der Waals surface area contributed by atoms with Crippen LogP contribution in [0.15, 0.2) is 58.2 Å². The molecule has 0 saturated carbocycles. The van der Waals surface area contributed by atoms with E-state index in [4.69, 9.17) is 9.26 Å². The molecule has 0 spiro atoms. The van der Waals surface area contributed by atoms with E-state index in [0.717, 1.165) is 23.4 Å². The number of rotatable bonds is 7. The van der Waals surface area contributed by atoms with Crippen molar-refractivity contribution in [3.8, 4) is 17.1 Å². The molecular weight excluding hydrogens is 433 g/mol. The highest BCUT2D eigenvalue weighted by molar-refractivity contribution is 7.98. The van der Waals surface area contributed by atoms with Crippen molar-refractivity contribution in [2.45, 2.75) is 23.6 Å². The SMILES string of the molecule is COc1ccc(Cn2nnnc2SCc2nc(-c3cccc(C(F)(F)F)c3)no2)cc1. The van der Waals surface area contributed by atoms with E-state index in [-0.39, 0.29) is 23.0 Å². The number of alkyl halides is 3. The molecule has 0 aliphatic rings. The van der Waals surface area contributed by atoms with E-state index < -0.39 is 11.7 Å². The van der Waals surface area contributed by atoms with E-state index in [1.807, 2.05) is 24.3 Å². The molecule has 0 unspecified atom stereocenters. The molecule has 8 nitrogen and oxygen atoms in total. The van der Waals surface area contributed by atoms with E-state index in [1.54, 1.807) is 11.8 Å². The summed E-state index contributed by atoms with van der Waals surface area (Å²) in [6.45, 7) is 0.457. The molecule has 0 N–H and O–H groups in total. The fraction of sp³-hybridized carbons (Fsp3) is 0.211. The summed E-state index contributed by atoms with van der Waals surface area (Å²) in [4.78, 5) is 4.18. The molecule has 0 saturated heterocycles. The van der Waals surface area contributed by atoms with Crippen molar-refractivity contribution in [3.05, 3.63) is 65.5 Å². The summed E-state index contributed by atoms with van der Waals surface area (Å²) < 4.78 is 50.6. The topological polar surface area (TPSA) is 91.8 Å². The van der Waals surface area contributed by atoms with Gasteiger partial charge in [-0.1, -0.05) is 41.2 Å². The molecule has 4 aromatic rings. The first-order chi connectivity index (χ1) is 14.9. The molecule has 2 aromatic carbocycles. The van der Waals surface area contributed by atoms with Crippen LogP contribution in [0, 0.1) is 0 Å². The van der Waals surface area contributed by atoms with Gasteiger partial charge in [0.15, 0.2) is 0 Å². The minimum atomic E-state index is -4.45. The van der Waals surface area contributed by atoms with Gasteiger partial charge in [0, 0.05) is 5.56 Å². The second-order valence-electron chi connectivity index (χ2n) is 6.35. The third kappa shape index (κ3) is 5.02. The summed E-state index contributed by atoms with van der Waals surface area (Å²) >= 11 is 1.28. The molecule has 0 aliphatic carbocycles. The third-order valence-corrected chi connectivity index (χ3v) is 5.17. The number of tetrazole rings is 1. The van der Waals surface area contributed by atoms with Gasteiger partial charge in [0.1, 0.15) is 5.75 Å². The number of aromatic nitrogens is 6. The molecule has 31 heavy (non-hydrogen) atoms. The maximum absolute atomic E-state index is 12.9. The van der Waals surface area contributed by atoms with Gasteiger partial charge < -0.3 is 9.26 Å². The van der Waals surface area contributed by atoms with Crippen LogP contribution in [0.5, 0.6) is 5.75 Å². The molecule has 0 fully saturated rings. The molecule has 160 valence electrons. The average Bonchev–Trinajstić information content (AvgIpc) is 3.42. The molecule has 0 amide bonds. The third-order valence-electron chi connectivity index (χ3n) is 4.23. The van der Waals surface area contributed by atoms with Crippen molar-refractivity contribution < 1.29 is 22.4 Å². The highest BCUT2D eigenvalue weighted by atomic mass is 32.2. The van der Waals surface area contributed by atoms with Crippen LogP contribution < -0.4 is 4.74 Å². The molecule has 0 atom stereocenters. The molecule has 4 rings (SSSR count). The molecule has 2 aromatic heterocycles. The van der Waals surface area contributed by atoms with Crippen molar-refractivity contribution in [3.63, 3.8) is 0 Å². The summed E-state index contributed by atoms with van der Waals surface area (Å²) in [5.41, 5.74) is 0.433. The maximum Gasteiger partial charge on any atom is 0.416 e. The number of methoxy groups -OCH3 is 1. The van der Waals surface area contributed by atoms with E-state index in [2.05, 4.69) is 25.7 Å². The molecule has 2 heterocycles. The summed E-state index contributed by atoms with van der Waals surface area (Å²) in [5.74, 6) is 1.34. The smallest absolute Gasteiger partial charge is 0.416 e. The Morgan fingerprint density at radius 1 is 1.13 bits per heavy atom. The highest BCUT2D eigenvalue weighted by Crippen LogP contribution is 2.31. The Morgan fingerprint density at radius 3 is 2.68 bits per heavy atom. The summed E-state index contributed by atoms with van der Waals surface area (Å²) in [5, 5.41) is 16.0. The van der Waals surface area contributed by atoms with Gasteiger partial charge in [0.2, 0.25) is 16.9 Å². The maximum atomic E-state index is 12.9. The van der Waals surface area contributed by atoms with E-state index in [0.29, 0.717) is 11.7 Å². The standard InChI is InChI=1S/C19H15F3N6O2S/c1-29-15-7-5-12(6-8-15)10-28-18(24-26-27-28)31-11-16-23-17(25-30-16)13-3-2-4-14(9-13)19(20,21)22/h2-9H,10-11H2,1H3. The number of hydrogen-bond donors (Lipinski definition) is 0. The van der Waals surface area contributed by atoms with Crippen LogP contribution in [0.25, 0.3) is 11.4 Å². The lowest BCUT2D eigenvalue weighted by molar-refractivity contribution is -0.137. The van der Waals surface area contributed by atoms with Gasteiger partial charge in [0.25, 0.3) is 0 Å². The van der Waals surface area contributed by atoms with Crippen LogP contribution in [0.1, 0.15) is 17.0 Å². The van der Waals surface area contributed by atoms with Crippen molar-refractivity contribution in [2.75, 3.05) is 7.11 Å². The Bertz CT molecular complexity index is 1160. The van der Waals surface area contributed by atoms with Gasteiger partial charge in [-0.05, 0) is 40.3 Å². The Hall–Kier alpha value is -3.41. The first-order valence-corrected chi connectivity index (χ1v) is 9.93. The van der Waals surface area contributed by atoms with E-state index in [1.165, 1.54) is 23.9 Å². The molecular formula is C19H15F3N6O2S. The first kappa shape index (κ1) is 20.8. The lowest BCUT2D eigenvalue weighted by Gasteiger charge is -2.06. The van der Waals surface area contributed by atoms with Crippen LogP contribution in [0.3, 0.4) is 0 Å². The lowest BCUT2D eigenvalue weighted by atomic mass is 10.1. The van der Waals surface area contributed by atoms with Crippen molar-refractivity contribution >= 4 is 11.8 Å². The van der Waals surface area contributed by atoms with Crippen LogP contribution in [0.4, 0.5) is 13.2 Å². The number of ether oxygens (including phenoxy) is 1. The van der Waals surface area contributed by atoms with E-state index in [9.17, 15) is 13.2 Å². The minimum absolute atomic E-state index is 0.0829. The lowest BCUT2D eigenvalue weighted by Crippen LogP contribution is -2.04. The molecule has 0 bridgehead atoms. The Morgan fingerprint density at radius 2 is 1.94 bits per heavy atom. The Kier molecular flexibility index (Phi) is 5.89. The van der Waals surface area contributed by atoms with Crippen LogP contribution in [-0.4, -0.2) is 37.5 Å². The molecule has 12 heteroatoms. The van der Waals surface area contributed by atoms with Crippen molar-refractivity contribution in [1.29, 1.82) is 0 Å². The quantitative estimate of drug-likeness (QED) is 0.391. The summed E-state index contributed by atoms with van der Waals surface area (Å²) in [6, 6.07) is 12.3. The highest BCUT2D eigenvalue weighted by Gasteiger charge is 2.30. The number of hydrogen-bond acceptors (Lipinski definition) is 8. The average molecular weight is 448 g/mol. The summed E-state index contributed by atoms with van der Waals surface area (Å²) in [6.07, 6.45) is -4.45. The number of halogens is 3.